The highest BCUT2D eigenvalue weighted by Crippen LogP contribution is 2.21. The van der Waals surface area contributed by atoms with Crippen molar-refractivity contribution in [2.75, 3.05) is 12.5 Å². The minimum atomic E-state index is -0.275. The van der Waals surface area contributed by atoms with Gasteiger partial charge in [-0.15, -0.1) is 11.6 Å². The highest BCUT2D eigenvalue weighted by Gasteiger charge is 2.19. The van der Waals surface area contributed by atoms with Crippen LogP contribution < -0.4 is 0 Å². The van der Waals surface area contributed by atoms with E-state index in [1.165, 1.54) is 0 Å². The number of ether oxygens (including phenoxy) is 1. The Balaban J connectivity index is 2.48. The Labute approximate surface area is 102 Å². The second kappa shape index (κ2) is 5.90. The van der Waals surface area contributed by atoms with Crippen molar-refractivity contribution in [2.24, 2.45) is 5.41 Å². The van der Waals surface area contributed by atoms with Gasteiger partial charge in [0.1, 0.15) is 0 Å². The van der Waals surface area contributed by atoms with E-state index in [0.29, 0.717) is 18.1 Å². The van der Waals surface area contributed by atoms with Crippen LogP contribution in [-0.4, -0.2) is 18.5 Å². The average Bonchev–Trinajstić information content (AvgIpc) is 2.27. The van der Waals surface area contributed by atoms with E-state index in [1.807, 2.05) is 32.0 Å². The van der Waals surface area contributed by atoms with Crippen LogP contribution in [0.4, 0.5) is 0 Å². The summed E-state index contributed by atoms with van der Waals surface area (Å²) >= 11 is 5.68. The molecule has 1 aromatic carbocycles. The van der Waals surface area contributed by atoms with Gasteiger partial charge in [0.15, 0.2) is 0 Å². The van der Waals surface area contributed by atoms with Gasteiger partial charge in [-0.2, -0.15) is 0 Å². The predicted molar refractivity (Wildman–Crippen MR) is 65.8 cm³/mol. The molecule has 0 heterocycles. The van der Waals surface area contributed by atoms with Crippen molar-refractivity contribution < 1.29 is 9.53 Å². The highest BCUT2D eigenvalue weighted by molar-refractivity contribution is 6.17. The van der Waals surface area contributed by atoms with E-state index < -0.39 is 0 Å². The van der Waals surface area contributed by atoms with Gasteiger partial charge in [-0.3, -0.25) is 0 Å². The van der Waals surface area contributed by atoms with E-state index in [2.05, 4.69) is 0 Å². The van der Waals surface area contributed by atoms with Crippen molar-refractivity contribution in [1.29, 1.82) is 0 Å². The topological polar surface area (TPSA) is 26.3 Å². The van der Waals surface area contributed by atoms with Gasteiger partial charge in [-0.05, 0) is 18.6 Å². The first-order valence-electron chi connectivity index (χ1n) is 5.33. The Morgan fingerprint density at radius 3 is 2.50 bits per heavy atom. The smallest absolute Gasteiger partial charge is 0.338 e. The normalized spacial score (nSPS) is 11.2. The predicted octanol–water partition coefficient (Wildman–Crippen LogP) is 3.50. The number of hydrogen-bond donors (Lipinski definition) is 0. The molecule has 0 fully saturated rings. The molecule has 0 saturated carbocycles. The molecule has 0 atom stereocenters. The van der Waals surface area contributed by atoms with Crippen LogP contribution in [0.2, 0.25) is 0 Å². The number of alkyl halides is 1. The van der Waals surface area contributed by atoms with E-state index in [-0.39, 0.29) is 11.4 Å². The zero-order chi connectivity index (χ0) is 12.0. The van der Waals surface area contributed by atoms with Crippen molar-refractivity contribution in [2.45, 2.75) is 20.3 Å². The number of halogens is 1. The molecule has 0 saturated heterocycles. The molecule has 0 amide bonds. The third-order valence-electron chi connectivity index (χ3n) is 2.37. The molecule has 0 aliphatic carbocycles. The maximum absolute atomic E-state index is 11.6. The molecule has 2 nitrogen and oxygen atoms in total. The summed E-state index contributed by atoms with van der Waals surface area (Å²) in [6, 6.07) is 9.00. The van der Waals surface area contributed by atoms with E-state index in [1.54, 1.807) is 12.1 Å². The maximum atomic E-state index is 11.6. The third-order valence-corrected chi connectivity index (χ3v) is 2.56. The Morgan fingerprint density at radius 2 is 1.94 bits per heavy atom. The number of hydrogen-bond acceptors (Lipinski definition) is 2. The number of esters is 1. The van der Waals surface area contributed by atoms with Gasteiger partial charge in [0.25, 0.3) is 0 Å². The van der Waals surface area contributed by atoms with E-state index >= 15 is 0 Å². The minimum absolute atomic E-state index is 0.0633. The number of benzene rings is 1. The van der Waals surface area contributed by atoms with Gasteiger partial charge in [0, 0.05) is 11.3 Å². The minimum Gasteiger partial charge on any atom is -0.462 e. The fourth-order valence-corrected chi connectivity index (χ4v) is 1.76. The SMILES string of the molecule is CC(C)(CCCl)COC(=O)c1ccccc1. The molecule has 0 bridgehead atoms. The summed E-state index contributed by atoms with van der Waals surface area (Å²) in [6.45, 7) is 4.47. The van der Waals surface area contributed by atoms with Gasteiger partial charge < -0.3 is 4.74 Å². The van der Waals surface area contributed by atoms with Crippen LogP contribution >= 0.6 is 11.6 Å². The molecular weight excluding hydrogens is 224 g/mol. The molecule has 16 heavy (non-hydrogen) atoms. The summed E-state index contributed by atoms with van der Waals surface area (Å²) in [5.74, 6) is 0.304. The van der Waals surface area contributed by atoms with Crippen LogP contribution in [0.3, 0.4) is 0 Å². The molecule has 1 aromatic rings. The average molecular weight is 241 g/mol. The van der Waals surface area contributed by atoms with Gasteiger partial charge in [0.2, 0.25) is 0 Å². The zero-order valence-corrected chi connectivity index (χ0v) is 10.5. The van der Waals surface area contributed by atoms with Crippen molar-refractivity contribution in [3.8, 4) is 0 Å². The lowest BCUT2D eigenvalue weighted by Gasteiger charge is -2.22. The van der Waals surface area contributed by atoms with Crippen molar-refractivity contribution in [3.05, 3.63) is 35.9 Å². The summed E-state index contributed by atoms with van der Waals surface area (Å²) in [6.07, 6.45) is 0.830. The molecule has 0 aliphatic rings. The second-order valence-electron chi connectivity index (χ2n) is 4.55. The van der Waals surface area contributed by atoms with Crippen molar-refractivity contribution >= 4 is 17.6 Å². The fourth-order valence-electron chi connectivity index (χ4n) is 1.25. The quantitative estimate of drug-likeness (QED) is 0.582. The Bertz CT molecular complexity index is 333. The Hall–Kier alpha value is -1.02. The molecule has 88 valence electrons. The largest absolute Gasteiger partial charge is 0.462 e. The third kappa shape index (κ3) is 4.23. The lowest BCUT2D eigenvalue weighted by molar-refractivity contribution is 0.0337. The number of rotatable bonds is 5. The van der Waals surface area contributed by atoms with E-state index in [0.717, 1.165) is 6.42 Å². The van der Waals surface area contributed by atoms with E-state index in [9.17, 15) is 4.79 Å². The zero-order valence-electron chi connectivity index (χ0n) is 9.70. The Morgan fingerprint density at radius 1 is 1.31 bits per heavy atom. The fraction of sp³-hybridized carbons (Fsp3) is 0.462. The second-order valence-corrected chi connectivity index (χ2v) is 4.92. The molecule has 0 radical (unpaired) electrons. The van der Waals surface area contributed by atoms with Gasteiger partial charge in [0.05, 0.1) is 12.2 Å². The van der Waals surface area contributed by atoms with Gasteiger partial charge >= 0.3 is 5.97 Å². The summed E-state index contributed by atoms with van der Waals surface area (Å²) in [4.78, 5) is 11.6. The molecule has 3 heteroatoms. The maximum Gasteiger partial charge on any atom is 0.338 e. The lowest BCUT2D eigenvalue weighted by Crippen LogP contribution is -2.22. The van der Waals surface area contributed by atoms with Gasteiger partial charge in [-0.1, -0.05) is 32.0 Å². The van der Waals surface area contributed by atoms with Crippen molar-refractivity contribution in [1.82, 2.24) is 0 Å². The molecule has 1 rings (SSSR count). The first kappa shape index (κ1) is 13.0. The lowest BCUT2D eigenvalue weighted by atomic mass is 9.91. The summed E-state index contributed by atoms with van der Waals surface area (Å²) in [5.41, 5.74) is 0.524. The Kier molecular flexibility index (Phi) is 4.81. The molecule has 0 N–H and O–H groups in total. The van der Waals surface area contributed by atoms with Crippen LogP contribution in [0.1, 0.15) is 30.6 Å². The summed E-state index contributed by atoms with van der Waals surface area (Å²) < 4.78 is 5.25. The highest BCUT2D eigenvalue weighted by atomic mass is 35.5. The van der Waals surface area contributed by atoms with Crippen LogP contribution in [0.25, 0.3) is 0 Å². The number of carbonyl (C=O) groups is 1. The number of carbonyl (C=O) groups excluding carboxylic acids is 1. The van der Waals surface area contributed by atoms with Crippen LogP contribution in [0, 0.1) is 5.41 Å². The van der Waals surface area contributed by atoms with Crippen molar-refractivity contribution in [3.63, 3.8) is 0 Å². The molecule has 0 aromatic heterocycles. The molecule has 0 aliphatic heterocycles. The van der Waals surface area contributed by atoms with Gasteiger partial charge in [-0.25, -0.2) is 4.79 Å². The van der Waals surface area contributed by atoms with Crippen LogP contribution in [0.15, 0.2) is 30.3 Å². The monoisotopic (exact) mass is 240 g/mol. The summed E-state index contributed by atoms with van der Waals surface area (Å²) in [7, 11) is 0. The molecule has 0 spiro atoms. The molecule has 0 unspecified atom stereocenters. The van der Waals surface area contributed by atoms with Crippen LogP contribution in [-0.2, 0) is 4.74 Å². The standard InChI is InChI=1S/C13H17ClO2/c1-13(2,8-9-14)10-16-12(15)11-6-4-3-5-7-11/h3-7H,8-10H2,1-2H3. The molecular formula is C13H17ClO2. The van der Waals surface area contributed by atoms with Crippen LogP contribution in [0.5, 0.6) is 0 Å². The first-order chi connectivity index (χ1) is 7.55. The van der Waals surface area contributed by atoms with E-state index in [4.69, 9.17) is 16.3 Å². The summed E-state index contributed by atoms with van der Waals surface area (Å²) in [5, 5.41) is 0. The first-order valence-corrected chi connectivity index (χ1v) is 5.87.